The molecule has 0 unspecified atom stereocenters. The number of urea groups is 1. The predicted octanol–water partition coefficient (Wildman–Crippen LogP) is 2.80. The van der Waals surface area contributed by atoms with Crippen molar-refractivity contribution in [3.8, 4) is 0 Å². The van der Waals surface area contributed by atoms with Gasteiger partial charge in [0.25, 0.3) is 0 Å². The molecule has 0 atom stereocenters. The molecule has 7 nitrogen and oxygen atoms in total. The molecule has 1 aromatic carbocycles. The van der Waals surface area contributed by atoms with Crippen LogP contribution in [0.5, 0.6) is 0 Å². The van der Waals surface area contributed by atoms with E-state index in [2.05, 4.69) is 15.2 Å². The molecular formula is C22H29N5O2. The monoisotopic (exact) mass is 395 g/mol. The zero-order chi connectivity index (χ0) is 20.6. The van der Waals surface area contributed by atoms with Crippen LogP contribution in [-0.4, -0.2) is 65.4 Å². The number of carbonyl (C=O) groups is 2. The molecule has 1 aromatic heterocycles. The Kier molecular flexibility index (Phi) is 7.19. The summed E-state index contributed by atoms with van der Waals surface area (Å²) in [5, 5.41) is 2.98. The van der Waals surface area contributed by atoms with E-state index in [1.165, 1.54) is 0 Å². The number of hydrogen-bond acceptors (Lipinski definition) is 4. The van der Waals surface area contributed by atoms with Gasteiger partial charge in [-0.3, -0.25) is 9.78 Å². The number of likely N-dealkylation sites (N-methyl/N-ethyl adjacent to an activating group) is 1. The van der Waals surface area contributed by atoms with E-state index >= 15 is 0 Å². The van der Waals surface area contributed by atoms with Crippen molar-refractivity contribution in [1.82, 2.24) is 19.7 Å². The number of nitrogens with one attached hydrogen (secondary N) is 1. The molecule has 0 spiro atoms. The first-order chi connectivity index (χ1) is 14.0. The predicted molar refractivity (Wildman–Crippen MR) is 113 cm³/mol. The Balaban J connectivity index is 1.60. The first kappa shape index (κ1) is 20.8. The average Bonchev–Trinajstić information content (AvgIpc) is 3.11. The molecule has 7 heteroatoms. The largest absolute Gasteiger partial charge is 0.338 e. The first-order valence-corrected chi connectivity index (χ1v) is 9.97. The second-order valence-corrected chi connectivity index (χ2v) is 7.63. The number of amides is 3. The van der Waals surface area contributed by atoms with Crippen molar-refractivity contribution >= 4 is 17.6 Å². The van der Waals surface area contributed by atoms with E-state index in [1.807, 2.05) is 55.4 Å². The third-order valence-electron chi connectivity index (χ3n) is 4.95. The standard InChI is InChI=1S/C22H29N5O2/c1-25(2)13-14-27(17-19-5-3-11-23-15-19)22(29)24-20-9-7-18(8-10-20)16-26-12-4-6-21(26)28/h3,5,7-11,15H,4,6,12-14,16-17H2,1-2H3,(H,24,29). The van der Waals surface area contributed by atoms with Gasteiger partial charge in [-0.05, 0) is 49.8 Å². The number of aromatic nitrogens is 1. The van der Waals surface area contributed by atoms with Gasteiger partial charge in [-0.2, -0.15) is 0 Å². The zero-order valence-electron chi connectivity index (χ0n) is 17.2. The normalized spacial score (nSPS) is 13.8. The number of rotatable bonds is 8. The highest BCUT2D eigenvalue weighted by Gasteiger charge is 2.20. The molecule has 0 radical (unpaired) electrons. The molecule has 1 aliphatic rings. The van der Waals surface area contributed by atoms with Gasteiger partial charge in [0.1, 0.15) is 0 Å². The number of pyridine rings is 1. The molecule has 3 amide bonds. The smallest absolute Gasteiger partial charge is 0.322 e. The molecule has 3 rings (SSSR count). The topological polar surface area (TPSA) is 68.8 Å². The minimum atomic E-state index is -0.141. The summed E-state index contributed by atoms with van der Waals surface area (Å²) in [7, 11) is 3.98. The number of anilines is 1. The van der Waals surface area contributed by atoms with E-state index in [9.17, 15) is 9.59 Å². The van der Waals surface area contributed by atoms with Gasteiger partial charge in [0, 0.05) is 57.2 Å². The molecule has 2 aromatic rings. The van der Waals surface area contributed by atoms with E-state index in [0.717, 1.165) is 36.3 Å². The van der Waals surface area contributed by atoms with Gasteiger partial charge in [-0.1, -0.05) is 18.2 Å². The maximum Gasteiger partial charge on any atom is 0.322 e. The number of hydrogen-bond donors (Lipinski definition) is 1. The van der Waals surface area contributed by atoms with Crippen molar-refractivity contribution in [3.05, 3.63) is 59.9 Å². The van der Waals surface area contributed by atoms with Crippen LogP contribution in [0.25, 0.3) is 0 Å². The van der Waals surface area contributed by atoms with Gasteiger partial charge < -0.3 is 20.0 Å². The second-order valence-electron chi connectivity index (χ2n) is 7.63. The van der Waals surface area contributed by atoms with Crippen molar-refractivity contribution in [2.24, 2.45) is 0 Å². The number of likely N-dealkylation sites (tertiary alicyclic amines) is 1. The Hall–Kier alpha value is -2.93. The summed E-state index contributed by atoms with van der Waals surface area (Å²) in [4.78, 5) is 34.5. The van der Waals surface area contributed by atoms with Crippen molar-refractivity contribution in [2.75, 3.05) is 39.0 Å². The van der Waals surface area contributed by atoms with Crippen molar-refractivity contribution in [1.29, 1.82) is 0 Å². The van der Waals surface area contributed by atoms with Crippen molar-refractivity contribution in [3.63, 3.8) is 0 Å². The van der Waals surface area contributed by atoms with Crippen LogP contribution in [0.4, 0.5) is 10.5 Å². The highest BCUT2D eigenvalue weighted by molar-refractivity contribution is 5.89. The van der Waals surface area contributed by atoms with Crippen molar-refractivity contribution < 1.29 is 9.59 Å². The molecule has 1 N–H and O–H groups in total. The average molecular weight is 396 g/mol. The van der Waals surface area contributed by atoms with Crippen LogP contribution in [0.2, 0.25) is 0 Å². The third kappa shape index (κ3) is 6.29. The molecule has 0 bridgehead atoms. The summed E-state index contributed by atoms with van der Waals surface area (Å²) < 4.78 is 0. The summed E-state index contributed by atoms with van der Waals surface area (Å²) in [5.74, 6) is 0.217. The molecular weight excluding hydrogens is 366 g/mol. The molecule has 1 fully saturated rings. The number of carbonyl (C=O) groups excluding carboxylic acids is 2. The minimum absolute atomic E-state index is 0.141. The Morgan fingerprint density at radius 3 is 2.55 bits per heavy atom. The summed E-state index contributed by atoms with van der Waals surface area (Å²) in [6.45, 7) is 3.34. The van der Waals surface area contributed by atoms with Crippen molar-refractivity contribution in [2.45, 2.75) is 25.9 Å². The first-order valence-electron chi connectivity index (χ1n) is 9.97. The Morgan fingerprint density at radius 2 is 1.93 bits per heavy atom. The van der Waals surface area contributed by atoms with Gasteiger partial charge >= 0.3 is 6.03 Å². The number of benzene rings is 1. The van der Waals surface area contributed by atoms with Crippen LogP contribution >= 0.6 is 0 Å². The highest BCUT2D eigenvalue weighted by Crippen LogP contribution is 2.17. The van der Waals surface area contributed by atoms with Crippen LogP contribution < -0.4 is 5.32 Å². The lowest BCUT2D eigenvalue weighted by atomic mass is 10.2. The Bertz CT molecular complexity index is 808. The van der Waals surface area contributed by atoms with Crippen LogP contribution in [0.3, 0.4) is 0 Å². The van der Waals surface area contributed by atoms with E-state index in [1.54, 1.807) is 17.3 Å². The summed E-state index contributed by atoms with van der Waals surface area (Å²) in [6, 6.07) is 11.4. The van der Waals surface area contributed by atoms with E-state index in [0.29, 0.717) is 26.1 Å². The molecule has 1 aliphatic heterocycles. The lowest BCUT2D eigenvalue weighted by molar-refractivity contribution is -0.128. The third-order valence-corrected chi connectivity index (χ3v) is 4.95. The van der Waals surface area contributed by atoms with E-state index in [4.69, 9.17) is 0 Å². The fourth-order valence-corrected chi connectivity index (χ4v) is 3.27. The van der Waals surface area contributed by atoms with Gasteiger partial charge in [0.05, 0.1) is 0 Å². The van der Waals surface area contributed by atoms with Crippen LogP contribution in [-0.2, 0) is 17.9 Å². The van der Waals surface area contributed by atoms with Crippen LogP contribution in [0.15, 0.2) is 48.8 Å². The van der Waals surface area contributed by atoms with Crippen LogP contribution in [0, 0.1) is 0 Å². The lowest BCUT2D eigenvalue weighted by Gasteiger charge is -2.25. The molecule has 2 heterocycles. The van der Waals surface area contributed by atoms with Gasteiger partial charge in [-0.25, -0.2) is 4.79 Å². The summed E-state index contributed by atoms with van der Waals surface area (Å²) >= 11 is 0. The van der Waals surface area contributed by atoms with Gasteiger partial charge in [-0.15, -0.1) is 0 Å². The van der Waals surface area contributed by atoms with E-state index < -0.39 is 0 Å². The molecule has 1 saturated heterocycles. The maximum absolute atomic E-state index is 12.9. The zero-order valence-corrected chi connectivity index (χ0v) is 17.2. The fourth-order valence-electron chi connectivity index (χ4n) is 3.27. The summed E-state index contributed by atoms with van der Waals surface area (Å²) in [5.41, 5.74) is 2.80. The maximum atomic E-state index is 12.9. The number of nitrogens with zero attached hydrogens (tertiary/aromatic N) is 4. The van der Waals surface area contributed by atoms with Gasteiger partial charge in [0.15, 0.2) is 0 Å². The summed E-state index contributed by atoms with van der Waals surface area (Å²) in [6.07, 6.45) is 5.09. The second kappa shape index (κ2) is 10.0. The molecule has 154 valence electrons. The quantitative estimate of drug-likeness (QED) is 0.746. The molecule has 0 saturated carbocycles. The fraction of sp³-hybridized carbons (Fsp3) is 0.409. The Morgan fingerprint density at radius 1 is 1.14 bits per heavy atom. The highest BCUT2D eigenvalue weighted by atomic mass is 16.2. The lowest BCUT2D eigenvalue weighted by Crippen LogP contribution is -2.39. The Labute approximate surface area is 172 Å². The molecule has 0 aliphatic carbocycles. The molecule has 29 heavy (non-hydrogen) atoms. The SMILES string of the molecule is CN(C)CCN(Cc1cccnc1)C(=O)Nc1ccc(CN2CCCC2=O)cc1. The van der Waals surface area contributed by atoms with Crippen LogP contribution in [0.1, 0.15) is 24.0 Å². The van der Waals surface area contributed by atoms with E-state index in [-0.39, 0.29) is 11.9 Å². The van der Waals surface area contributed by atoms with Gasteiger partial charge in [0.2, 0.25) is 5.91 Å². The minimum Gasteiger partial charge on any atom is -0.338 e.